The van der Waals surface area contributed by atoms with E-state index in [-0.39, 0.29) is 12.4 Å². The molecule has 4 heteroatoms. The number of hydrogen-bond donors (Lipinski definition) is 1. The van der Waals surface area contributed by atoms with E-state index in [0.29, 0.717) is 18.3 Å². The van der Waals surface area contributed by atoms with Crippen molar-refractivity contribution in [3.63, 3.8) is 0 Å². The molecule has 4 bridgehead atoms. The molecular weight excluding hydrogens is 280 g/mol. The number of hydrogen-bond acceptors (Lipinski definition) is 3. The van der Waals surface area contributed by atoms with Gasteiger partial charge in [0.1, 0.15) is 5.60 Å². The number of carbonyl (C=O) groups is 2. The van der Waals surface area contributed by atoms with Crippen LogP contribution in [0.2, 0.25) is 0 Å². The van der Waals surface area contributed by atoms with Crippen molar-refractivity contribution in [2.45, 2.75) is 71.3 Å². The summed E-state index contributed by atoms with van der Waals surface area (Å²) >= 11 is 0. The summed E-state index contributed by atoms with van der Waals surface area (Å²) < 4.78 is 6.13. The van der Waals surface area contributed by atoms with Gasteiger partial charge in [0.05, 0.1) is 5.41 Å². The van der Waals surface area contributed by atoms with Gasteiger partial charge in [0.15, 0.2) is 0 Å². The lowest BCUT2D eigenvalue weighted by atomic mass is 9.49. The van der Waals surface area contributed by atoms with E-state index in [1.807, 2.05) is 20.8 Å². The summed E-state index contributed by atoms with van der Waals surface area (Å²) in [5.74, 6) is 1.32. The summed E-state index contributed by atoms with van der Waals surface area (Å²) in [5.41, 5.74) is -1.05. The maximum absolute atomic E-state index is 12.5. The summed E-state index contributed by atoms with van der Waals surface area (Å²) in [6, 6.07) is 0. The van der Waals surface area contributed by atoms with Crippen molar-refractivity contribution in [3.8, 4) is 0 Å². The maximum atomic E-state index is 12.5. The Bertz CT molecular complexity index is 446. The molecule has 4 saturated carbocycles. The van der Waals surface area contributed by atoms with Crippen LogP contribution in [-0.2, 0) is 14.3 Å². The van der Waals surface area contributed by atoms with E-state index in [4.69, 9.17) is 9.84 Å². The van der Waals surface area contributed by atoms with Crippen molar-refractivity contribution in [3.05, 3.63) is 0 Å². The number of aliphatic carboxylic acids is 1. The van der Waals surface area contributed by atoms with E-state index >= 15 is 0 Å². The Kier molecular flexibility index (Phi) is 3.77. The van der Waals surface area contributed by atoms with Crippen LogP contribution in [0.15, 0.2) is 0 Å². The highest BCUT2D eigenvalue weighted by Crippen LogP contribution is 2.61. The zero-order chi connectivity index (χ0) is 16.1. The van der Waals surface area contributed by atoms with E-state index < -0.39 is 17.0 Å². The molecule has 4 aliphatic carbocycles. The first kappa shape index (κ1) is 15.8. The fourth-order valence-electron chi connectivity index (χ4n) is 5.24. The summed E-state index contributed by atoms with van der Waals surface area (Å²) in [4.78, 5) is 23.7. The topological polar surface area (TPSA) is 63.6 Å². The lowest BCUT2D eigenvalue weighted by molar-refractivity contribution is -0.219. The van der Waals surface area contributed by atoms with Gasteiger partial charge in [0.25, 0.3) is 0 Å². The van der Waals surface area contributed by atoms with Gasteiger partial charge in [0.2, 0.25) is 0 Å². The van der Waals surface area contributed by atoms with E-state index in [1.165, 1.54) is 6.42 Å². The van der Waals surface area contributed by atoms with Gasteiger partial charge in [0, 0.05) is 6.42 Å². The minimum absolute atomic E-state index is 0.0970. The van der Waals surface area contributed by atoms with Crippen molar-refractivity contribution in [1.29, 1.82) is 0 Å². The summed E-state index contributed by atoms with van der Waals surface area (Å²) in [6.07, 6.45) is 6.37. The Morgan fingerprint density at radius 3 is 1.95 bits per heavy atom. The van der Waals surface area contributed by atoms with Crippen LogP contribution in [-0.4, -0.2) is 22.6 Å². The Labute approximate surface area is 132 Å². The number of carboxylic acid groups (broad SMARTS) is 1. The van der Waals surface area contributed by atoms with E-state index in [9.17, 15) is 9.59 Å². The summed E-state index contributed by atoms with van der Waals surface area (Å²) in [5, 5.41) is 9.14. The highest BCUT2D eigenvalue weighted by molar-refractivity contribution is 5.76. The highest BCUT2D eigenvalue weighted by Gasteiger charge is 2.59. The van der Waals surface area contributed by atoms with Gasteiger partial charge in [-0.15, -0.1) is 0 Å². The normalized spacial score (nSPS) is 39.8. The van der Waals surface area contributed by atoms with Crippen LogP contribution >= 0.6 is 0 Å². The minimum atomic E-state index is -0.792. The van der Waals surface area contributed by atoms with E-state index in [1.54, 1.807) is 0 Å². The van der Waals surface area contributed by atoms with Crippen molar-refractivity contribution >= 4 is 11.9 Å². The van der Waals surface area contributed by atoms with Gasteiger partial charge in [-0.2, -0.15) is 0 Å². The Balaban J connectivity index is 1.86. The third-order valence-corrected chi connectivity index (χ3v) is 6.14. The second kappa shape index (κ2) is 5.24. The van der Waals surface area contributed by atoms with Crippen LogP contribution in [0.5, 0.6) is 0 Å². The number of esters is 1. The molecule has 4 rings (SSSR count). The molecule has 0 aromatic carbocycles. The third-order valence-electron chi connectivity index (χ3n) is 6.14. The Hall–Kier alpha value is -1.06. The van der Waals surface area contributed by atoms with Crippen molar-refractivity contribution in [2.24, 2.45) is 29.1 Å². The number of rotatable bonds is 4. The predicted molar refractivity (Wildman–Crippen MR) is 82.2 cm³/mol. The molecule has 0 aliphatic heterocycles. The molecule has 22 heavy (non-hydrogen) atoms. The first-order valence-corrected chi connectivity index (χ1v) is 8.66. The van der Waals surface area contributed by atoms with Crippen molar-refractivity contribution in [1.82, 2.24) is 0 Å². The standard InChI is InChI=1S/C18H28O4/c1-17(2,3)16(21)22-18(5-4-15(19)20)13-7-11-6-12(9-13)10-14(18)8-11/h11-14H,4-10H2,1-3H3,(H,19,20). The largest absolute Gasteiger partial charge is 0.481 e. The van der Waals surface area contributed by atoms with Gasteiger partial charge in [-0.1, -0.05) is 0 Å². The molecular formula is C18H28O4. The van der Waals surface area contributed by atoms with Crippen molar-refractivity contribution in [2.75, 3.05) is 0 Å². The van der Waals surface area contributed by atoms with Gasteiger partial charge in [-0.25, -0.2) is 0 Å². The average Bonchev–Trinajstić information content (AvgIpc) is 2.39. The molecule has 0 radical (unpaired) electrons. The maximum Gasteiger partial charge on any atom is 0.311 e. The smallest absolute Gasteiger partial charge is 0.311 e. The van der Waals surface area contributed by atoms with Crippen LogP contribution in [0.25, 0.3) is 0 Å². The summed E-state index contributed by atoms with van der Waals surface area (Å²) in [6.45, 7) is 5.61. The Morgan fingerprint density at radius 1 is 1.05 bits per heavy atom. The first-order valence-electron chi connectivity index (χ1n) is 8.66. The summed E-state index contributed by atoms with van der Waals surface area (Å²) in [7, 11) is 0. The van der Waals surface area contributed by atoms with Crippen LogP contribution in [0, 0.1) is 29.1 Å². The highest BCUT2D eigenvalue weighted by atomic mass is 16.6. The van der Waals surface area contributed by atoms with Gasteiger partial charge in [-0.3, -0.25) is 9.59 Å². The molecule has 4 fully saturated rings. The molecule has 0 heterocycles. The molecule has 0 aromatic rings. The molecule has 0 aromatic heterocycles. The Morgan fingerprint density at radius 2 is 1.55 bits per heavy atom. The molecule has 0 atom stereocenters. The predicted octanol–water partition coefficient (Wildman–Crippen LogP) is 3.64. The molecule has 4 nitrogen and oxygen atoms in total. The molecule has 1 N–H and O–H groups in total. The zero-order valence-electron chi connectivity index (χ0n) is 13.9. The number of carbonyl (C=O) groups excluding carboxylic acids is 1. The van der Waals surface area contributed by atoms with Crippen LogP contribution < -0.4 is 0 Å². The second-order valence-electron chi connectivity index (χ2n) is 8.79. The first-order chi connectivity index (χ1) is 10.2. The molecule has 0 amide bonds. The fourth-order valence-corrected chi connectivity index (χ4v) is 5.24. The molecule has 0 spiro atoms. The van der Waals surface area contributed by atoms with Gasteiger partial charge < -0.3 is 9.84 Å². The van der Waals surface area contributed by atoms with Crippen LogP contribution in [0.4, 0.5) is 0 Å². The van der Waals surface area contributed by atoms with Crippen LogP contribution in [0.3, 0.4) is 0 Å². The zero-order valence-corrected chi connectivity index (χ0v) is 13.9. The van der Waals surface area contributed by atoms with Crippen molar-refractivity contribution < 1.29 is 19.4 Å². The molecule has 4 aliphatic rings. The monoisotopic (exact) mass is 308 g/mol. The lowest BCUT2D eigenvalue weighted by Crippen LogP contribution is -2.60. The number of ether oxygens (including phenoxy) is 1. The minimum Gasteiger partial charge on any atom is -0.481 e. The van der Waals surface area contributed by atoms with Gasteiger partial charge in [-0.05, 0) is 83.0 Å². The average molecular weight is 308 g/mol. The third kappa shape index (κ3) is 2.65. The molecule has 0 unspecified atom stereocenters. The van der Waals surface area contributed by atoms with E-state index in [0.717, 1.165) is 37.5 Å². The quantitative estimate of drug-likeness (QED) is 0.805. The van der Waals surface area contributed by atoms with E-state index in [2.05, 4.69) is 0 Å². The number of carboxylic acids is 1. The molecule has 124 valence electrons. The fraction of sp³-hybridized carbons (Fsp3) is 0.889. The van der Waals surface area contributed by atoms with Crippen LogP contribution in [0.1, 0.15) is 65.7 Å². The molecule has 0 saturated heterocycles. The van der Waals surface area contributed by atoms with Gasteiger partial charge >= 0.3 is 11.9 Å². The second-order valence-corrected chi connectivity index (χ2v) is 8.79. The SMILES string of the molecule is CC(C)(C)C(=O)OC1(CCC(=O)O)C2CC3CC(C2)CC1C3. The lowest BCUT2D eigenvalue weighted by Gasteiger charge is -2.60.